The van der Waals surface area contributed by atoms with E-state index in [4.69, 9.17) is 15.2 Å². The standard InChI is InChI=1S/C22H27N3O4/c1-14(2)29-21(26)24-13-15(3)25(22(27)28-4)19-11-10-16(12-20(19)24)17-8-6-5-7-9-18(17)23/h5-8,10-12,14-15H,9,13,23H2,1-4H3/t15-/m0/s1. The highest BCUT2D eigenvalue weighted by Gasteiger charge is 2.36. The first-order valence-electron chi connectivity index (χ1n) is 9.65. The van der Waals surface area contributed by atoms with E-state index in [1.54, 1.807) is 23.6 Å². The van der Waals surface area contributed by atoms with Crippen LogP contribution in [0.4, 0.5) is 21.0 Å². The van der Waals surface area contributed by atoms with Crippen LogP contribution in [0.25, 0.3) is 5.57 Å². The molecule has 1 aromatic carbocycles. The van der Waals surface area contributed by atoms with Crippen molar-refractivity contribution in [2.24, 2.45) is 5.73 Å². The summed E-state index contributed by atoms with van der Waals surface area (Å²) >= 11 is 0. The molecule has 1 heterocycles. The van der Waals surface area contributed by atoms with Crippen molar-refractivity contribution >= 4 is 29.1 Å². The maximum atomic E-state index is 12.8. The molecule has 1 aromatic rings. The molecule has 0 spiro atoms. The number of allylic oxidation sites excluding steroid dienone is 5. The van der Waals surface area contributed by atoms with E-state index < -0.39 is 12.2 Å². The summed E-state index contributed by atoms with van der Waals surface area (Å²) in [6, 6.07) is 5.32. The van der Waals surface area contributed by atoms with Gasteiger partial charge in [-0.15, -0.1) is 0 Å². The molecule has 1 aliphatic heterocycles. The van der Waals surface area contributed by atoms with Crippen molar-refractivity contribution in [3.63, 3.8) is 0 Å². The van der Waals surface area contributed by atoms with E-state index in [0.717, 1.165) is 16.8 Å². The Morgan fingerprint density at radius 1 is 1.17 bits per heavy atom. The molecule has 3 rings (SSSR count). The van der Waals surface area contributed by atoms with Crippen molar-refractivity contribution in [3.05, 3.63) is 53.8 Å². The fraction of sp³-hybridized carbons (Fsp3) is 0.364. The van der Waals surface area contributed by atoms with Gasteiger partial charge in [0.05, 0.1) is 37.2 Å². The van der Waals surface area contributed by atoms with Crippen LogP contribution in [0, 0.1) is 0 Å². The molecule has 0 saturated heterocycles. The van der Waals surface area contributed by atoms with Gasteiger partial charge in [-0.2, -0.15) is 0 Å². The number of carbonyl (C=O) groups excluding carboxylic acids is 2. The van der Waals surface area contributed by atoms with Gasteiger partial charge >= 0.3 is 12.2 Å². The molecule has 0 fully saturated rings. The second kappa shape index (κ2) is 8.43. The zero-order chi connectivity index (χ0) is 21.1. The number of ether oxygens (including phenoxy) is 2. The lowest BCUT2D eigenvalue weighted by Gasteiger charge is -2.40. The molecule has 0 aromatic heterocycles. The number of methoxy groups -OCH3 is 1. The second-order valence-electron chi connectivity index (χ2n) is 7.37. The molecule has 1 atom stereocenters. The third kappa shape index (κ3) is 4.13. The molecule has 0 radical (unpaired) electrons. The third-order valence-electron chi connectivity index (χ3n) is 4.85. The van der Waals surface area contributed by atoms with Crippen LogP contribution in [-0.4, -0.2) is 38.0 Å². The van der Waals surface area contributed by atoms with Crippen LogP contribution in [0.2, 0.25) is 0 Å². The monoisotopic (exact) mass is 397 g/mol. The number of rotatable bonds is 2. The van der Waals surface area contributed by atoms with Gasteiger partial charge in [0.2, 0.25) is 0 Å². The quantitative estimate of drug-likeness (QED) is 0.808. The average Bonchev–Trinajstić information content (AvgIpc) is 2.90. The summed E-state index contributed by atoms with van der Waals surface area (Å²) in [6.07, 6.45) is 7.29. The molecule has 29 heavy (non-hydrogen) atoms. The minimum atomic E-state index is -0.472. The van der Waals surface area contributed by atoms with E-state index in [0.29, 0.717) is 24.3 Å². The van der Waals surface area contributed by atoms with Crippen LogP contribution < -0.4 is 15.5 Å². The number of amides is 2. The number of anilines is 2. The first-order valence-corrected chi connectivity index (χ1v) is 9.65. The van der Waals surface area contributed by atoms with Crippen LogP contribution in [0.1, 0.15) is 32.8 Å². The number of fused-ring (bicyclic) bond motifs is 1. The van der Waals surface area contributed by atoms with Gasteiger partial charge in [0.15, 0.2) is 0 Å². The number of hydrogen-bond donors (Lipinski definition) is 1. The minimum absolute atomic E-state index is 0.253. The van der Waals surface area contributed by atoms with Gasteiger partial charge in [-0.3, -0.25) is 9.80 Å². The number of nitrogens with two attached hydrogens (primary N) is 1. The van der Waals surface area contributed by atoms with E-state index in [2.05, 4.69) is 0 Å². The van der Waals surface area contributed by atoms with Crippen molar-refractivity contribution in [2.45, 2.75) is 39.3 Å². The third-order valence-corrected chi connectivity index (χ3v) is 4.85. The largest absolute Gasteiger partial charge is 0.452 e. The summed E-state index contributed by atoms with van der Waals surface area (Å²) in [5.74, 6) is 0. The minimum Gasteiger partial charge on any atom is -0.452 e. The van der Waals surface area contributed by atoms with Gasteiger partial charge in [0.1, 0.15) is 0 Å². The molecule has 2 N–H and O–H groups in total. The van der Waals surface area contributed by atoms with Crippen molar-refractivity contribution in [3.8, 4) is 0 Å². The zero-order valence-corrected chi connectivity index (χ0v) is 17.2. The number of carbonyl (C=O) groups is 2. The highest BCUT2D eigenvalue weighted by molar-refractivity contribution is 6.01. The SMILES string of the molecule is COC(=O)N1c2ccc(C3=C(N)CC=CC=C3)cc2N(C(=O)OC(C)C)C[C@@H]1C. The molecule has 2 aliphatic rings. The van der Waals surface area contributed by atoms with Crippen LogP contribution in [0.5, 0.6) is 0 Å². The summed E-state index contributed by atoms with van der Waals surface area (Å²) in [5, 5.41) is 0. The Balaban J connectivity index is 2.12. The van der Waals surface area contributed by atoms with Gasteiger partial charge in [0.25, 0.3) is 0 Å². The maximum absolute atomic E-state index is 12.8. The molecule has 1 aliphatic carbocycles. The Morgan fingerprint density at radius 3 is 2.62 bits per heavy atom. The van der Waals surface area contributed by atoms with Crippen molar-refractivity contribution < 1.29 is 19.1 Å². The second-order valence-corrected chi connectivity index (χ2v) is 7.37. The van der Waals surface area contributed by atoms with E-state index in [9.17, 15) is 9.59 Å². The highest BCUT2D eigenvalue weighted by atomic mass is 16.6. The van der Waals surface area contributed by atoms with E-state index in [1.165, 1.54) is 7.11 Å². The fourth-order valence-electron chi connectivity index (χ4n) is 3.53. The number of hydrogen-bond acceptors (Lipinski definition) is 5. The summed E-state index contributed by atoms with van der Waals surface area (Å²) in [6.45, 7) is 5.77. The fourth-order valence-corrected chi connectivity index (χ4v) is 3.53. The normalized spacial score (nSPS) is 18.6. The van der Waals surface area contributed by atoms with Crippen molar-refractivity contribution in [2.75, 3.05) is 23.5 Å². The Bertz CT molecular complexity index is 901. The predicted molar refractivity (Wildman–Crippen MR) is 114 cm³/mol. The van der Waals surface area contributed by atoms with Crippen molar-refractivity contribution in [1.82, 2.24) is 0 Å². The zero-order valence-electron chi connectivity index (χ0n) is 17.2. The van der Waals surface area contributed by atoms with Gasteiger partial charge in [0, 0.05) is 17.7 Å². The molecule has 7 heteroatoms. The topological polar surface area (TPSA) is 85.1 Å². The first-order chi connectivity index (χ1) is 13.8. The Labute approximate surface area is 171 Å². The van der Waals surface area contributed by atoms with Gasteiger partial charge in [-0.05, 0) is 38.5 Å². The molecule has 2 amide bonds. The molecular weight excluding hydrogens is 370 g/mol. The van der Waals surface area contributed by atoms with Crippen LogP contribution in [-0.2, 0) is 9.47 Å². The first kappa shape index (κ1) is 20.5. The summed E-state index contributed by atoms with van der Waals surface area (Å²) in [4.78, 5) is 28.3. The summed E-state index contributed by atoms with van der Waals surface area (Å²) in [7, 11) is 1.34. The van der Waals surface area contributed by atoms with Gasteiger partial charge < -0.3 is 15.2 Å². The van der Waals surface area contributed by atoms with Gasteiger partial charge in [-0.1, -0.05) is 30.4 Å². The smallest absolute Gasteiger partial charge is 0.414 e. The predicted octanol–water partition coefficient (Wildman–Crippen LogP) is 4.20. The number of nitrogens with zero attached hydrogens (tertiary/aromatic N) is 2. The summed E-state index contributed by atoms with van der Waals surface area (Å²) in [5.41, 5.74) is 9.92. The van der Waals surface area contributed by atoms with Gasteiger partial charge in [-0.25, -0.2) is 9.59 Å². The van der Waals surface area contributed by atoms with Crippen LogP contribution >= 0.6 is 0 Å². The van der Waals surface area contributed by atoms with Crippen LogP contribution in [0.15, 0.2) is 48.2 Å². The molecule has 7 nitrogen and oxygen atoms in total. The van der Waals surface area contributed by atoms with E-state index in [-0.39, 0.29) is 12.1 Å². The molecule has 0 unspecified atom stereocenters. The Morgan fingerprint density at radius 2 is 1.93 bits per heavy atom. The lowest BCUT2D eigenvalue weighted by molar-refractivity contribution is 0.121. The highest BCUT2D eigenvalue weighted by Crippen LogP contribution is 2.39. The summed E-state index contributed by atoms with van der Waals surface area (Å²) < 4.78 is 10.4. The Kier molecular flexibility index (Phi) is 5.96. The lowest BCUT2D eigenvalue weighted by Crippen LogP contribution is -2.52. The molecular formula is C22H27N3O4. The van der Waals surface area contributed by atoms with E-state index >= 15 is 0 Å². The lowest BCUT2D eigenvalue weighted by atomic mass is 9.99. The van der Waals surface area contributed by atoms with E-state index in [1.807, 2.05) is 49.4 Å². The maximum Gasteiger partial charge on any atom is 0.414 e. The van der Waals surface area contributed by atoms with Crippen LogP contribution in [0.3, 0.4) is 0 Å². The average molecular weight is 397 g/mol. The molecule has 0 saturated carbocycles. The molecule has 154 valence electrons. The molecule has 0 bridgehead atoms. The van der Waals surface area contributed by atoms with Crippen molar-refractivity contribution in [1.29, 1.82) is 0 Å². The Hall–Kier alpha value is -3.22. The number of benzene rings is 1.